The van der Waals surface area contributed by atoms with E-state index in [1.807, 2.05) is 6.07 Å². The van der Waals surface area contributed by atoms with Crippen molar-refractivity contribution in [2.24, 2.45) is 0 Å². The van der Waals surface area contributed by atoms with Crippen molar-refractivity contribution in [3.63, 3.8) is 0 Å². The van der Waals surface area contributed by atoms with Crippen LogP contribution >= 0.6 is 11.5 Å². The molecule has 7 heteroatoms. The van der Waals surface area contributed by atoms with Gasteiger partial charge in [-0.15, -0.1) is 0 Å². The van der Waals surface area contributed by atoms with Gasteiger partial charge in [-0.1, -0.05) is 20.8 Å². The second-order valence-electron chi connectivity index (χ2n) is 7.63. The summed E-state index contributed by atoms with van der Waals surface area (Å²) in [7, 11) is 3.37. The van der Waals surface area contributed by atoms with E-state index in [0.29, 0.717) is 0 Å². The van der Waals surface area contributed by atoms with Crippen LogP contribution in [-0.4, -0.2) is 54.7 Å². The monoisotopic (exact) mass is 376 g/mol. The summed E-state index contributed by atoms with van der Waals surface area (Å²) in [6, 6.07) is 6.06. The zero-order chi connectivity index (χ0) is 18.7. The number of rotatable bonds is 5. The molecule has 1 aliphatic heterocycles. The van der Waals surface area contributed by atoms with Crippen molar-refractivity contribution in [3.05, 3.63) is 29.6 Å². The molecule has 0 spiro atoms. The third-order valence-electron chi connectivity index (χ3n) is 4.55. The normalized spacial score (nSPS) is 16.0. The Hall–Kier alpha value is -1.86. The fraction of sp³-hybridized carbons (Fsp3) is 0.579. The highest BCUT2D eigenvalue weighted by atomic mass is 32.1. The standard InChI is InChI=1S/C19H28N4O2S/c1-19(2,3)17-20-18(26-21-17)23-8-6-22(7-9-23)13-14-10-15(24-4)12-16(11-14)25-5/h10-12H,6-9,13H2,1-5H3. The summed E-state index contributed by atoms with van der Waals surface area (Å²) in [4.78, 5) is 9.54. The molecule has 0 N–H and O–H groups in total. The molecule has 0 unspecified atom stereocenters. The van der Waals surface area contributed by atoms with Gasteiger partial charge in [0.05, 0.1) is 14.2 Å². The molecule has 2 aromatic rings. The number of hydrogen-bond acceptors (Lipinski definition) is 7. The number of nitrogens with zero attached hydrogens (tertiary/aromatic N) is 4. The highest BCUT2D eigenvalue weighted by molar-refractivity contribution is 7.09. The van der Waals surface area contributed by atoms with Crippen LogP contribution in [0.4, 0.5) is 5.13 Å². The molecule has 26 heavy (non-hydrogen) atoms. The van der Waals surface area contributed by atoms with E-state index in [2.05, 4.69) is 47.1 Å². The van der Waals surface area contributed by atoms with Crippen LogP contribution in [0.3, 0.4) is 0 Å². The van der Waals surface area contributed by atoms with E-state index in [1.54, 1.807) is 14.2 Å². The van der Waals surface area contributed by atoms with Crippen molar-refractivity contribution >= 4 is 16.7 Å². The van der Waals surface area contributed by atoms with E-state index in [4.69, 9.17) is 14.5 Å². The Bertz CT molecular complexity index is 711. The summed E-state index contributed by atoms with van der Waals surface area (Å²) >= 11 is 1.51. The van der Waals surface area contributed by atoms with Crippen molar-refractivity contribution in [1.29, 1.82) is 0 Å². The van der Waals surface area contributed by atoms with Crippen molar-refractivity contribution in [3.8, 4) is 11.5 Å². The summed E-state index contributed by atoms with van der Waals surface area (Å²) in [6.07, 6.45) is 0. The Morgan fingerprint density at radius 1 is 1.00 bits per heavy atom. The van der Waals surface area contributed by atoms with Crippen molar-refractivity contribution in [2.45, 2.75) is 32.7 Å². The number of methoxy groups -OCH3 is 2. The quantitative estimate of drug-likeness (QED) is 0.799. The third kappa shape index (κ3) is 4.45. The highest BCUT2D eigenvalue weighted by Gasteiger charge is 2.24. The van der Waals surface area contributed by atoms with Gasteiger partial charge in [-0.3, -0.25) is 4.90 Å². The van der Waals surface area contributed by atoms with Crippen LogP contribution in [0.5, 0.6) is 11.5 Å². The summed E-state index contributed by atoms with van der Waals surface area (Å²) in [5, 5.41) is 1.04. The van der Waals surface area contributed by atoms with Gasteiger partial charge in [-0.25, -0.2) is 4.98 Å². The Kier molecular flexibility index (Phi) is 5.67. The Labute approximate surface area is 159 Å². The molecule has 2 heterocycles. The molecular formula is C19H28N4O2S. The van der Waals surface area contributed by atoms with Crippen molar-refractivity contribution in [2.75, 3.05) is 45.3 Å². The molecule has 0 atom stereocenters. The first kappa shape index (κ1) is 18.9. The van der Waals surface area contributed by atoms with Crippen LogP contribution in [0.2, 0.25) is 0 Å². The lowest BCUT2D eigenvalue weighted by Gasteiger charge is -2.34. The van der Waals surface area contributed by atoms with Gasteiger partial charge in [0.25, 0.3) is 0 Å². The lowest BCUT2D eigenvalue weighted by Crippen LogP contribution is -2.46. The first-order valence-corrected chi connectivity index (χ1v) is 9.70. The molecule has 0 amide bonds. The van der Waals surface area contributed by atoms with Crippen LogP contribution in [0, 0.1) is 0 Å². The lowest BCUT2D eigenvalue weighted by molar-refractivity contribution is 0.249. The minimum absolute atomic E-state index is 0.00198. The minimum atomic E-state index is 0.00198. The first-order valence-electron chi connectivity index (χ1n) is 8.92. The second kappa shape index (κ2) is 7.80. The van der Waals surface area contributed by atoms with Crippen molar-refractivity contribution < 1.29 is 9.47 Å². The number of anilines is 1. The van der Waals surface area contributed by atoms with E-state index in [9.17, 15) is 0 Å². The highest BCUT2D eigenvalue weighted by Crippen LogP contribution is 2.27. The van der Waals surface area contributed by atoms with Gasteiger partial charge < -0.3 is 14.4 Å². The van der Waals surface area contributed by atoms with Gasteiger partial charge >= 0.3 is 0 Å². The molecule has 0 bridgehead atoms. The first-order chi connectivity index (χ1) is 12.4. The molecule has 0 aliphatic carbocycles. The Morgan fingerprint density at radius 3 is 2.12 bits per heavy atom. The van der Waals surface area contributed by atoms with Gasteiger partial charge in [-0.05, 0) is 17.7 Å². The molecule has 3 rings (SSSR count). The van der Waals surface area contributed by atoms with Crippen LogP contribution in [0.1, 0.15) is 32.2 Å². The van der Waals surface area contributed by atoms with Crippen LogP contribution in [0.25, 0.3) is 0 Å². The maximum Gasteiger partial charge on any atom is 0.205 e. The van der Waals surface area contributed by atoms with E-state index in [0.717, 1.165) is 55.2 Å². The molecule has 6 nitrogen and oxygen atoms in total. The molecule has 1 fully saturated rings. The van der Waals surface area contributed by atoms with E-state index in [1.165, 1.54) is 17.1 Å². The largest absolute Gasteiger partial charge is 0.497 e. The van der Waals surface area contributed by atoms with Gasteiger partial charge in [0.2, 0.25) is 5.13 Å². The van der Waals surface area contributed by atoms with Gasteiger partial charge in [-0.2, -0.15) is 4.37 Å². The van der Waals surface area contributed by atoms with Gasteiger partial charge in [0.1, 0.15) is 17.3 Å². The Balaban J connectivity index is 1.60. The maximum absolute atomic E-state index is 5.37. The van der Waals surface area contributed by atoms with Gasteiger partial charge in [0.15, 0.2) is 0 Å². The maximum atomic E-state index is 5.37. The average Bonchev–Trinajstić information content (AvgIpc) is 3.12. The number of hydrogen-bond donors (Lipinski definition) is 0. The molecule has 142 valence electrons. The molecule has 1 saturated heterocycles. The SMILES string of the molecule is COc1cc(CN2CCN(c3nc(C(C)(C)C)ns3)CC2)cc(OC)c1. The summed E-state index contributed by atoms with van der Waals surface area (Å²) in [5.41, 5.74) is 1.21. The zero-order valence-corrected chi connectivity index (χ0v) is 17.1. The molecule has 1 aliphatic rings. The Morgan fingerprint density at radius 2 is 1.62 bits per heavy atom. The predicted molar refractivity (Wildman–Crippen MR) is 106 cm³/mol. The van der Waals surface area contributed by atoms with Crippen molar-refractivity contribution in [1.82, 2.24) is 14.3 Å². The molecule has 0 radical (unpaired) electrons. The number of aromatic nitrogens is 2. The summed E-state index contributed by atoms with van der Waals surface area (Å²) in [6.45, 7) is 11.3. The summed E-state index contributed by atoms with van der Waals surface area (Å²) in [5.74, 6) is 2.60. The summed E-state index contributed by atoms with van der Waals surface area (Å²) < 4.78 is 15.3. The fourth-order valence-corrected chi connectivity index (χ4v) is 3.87. The van der Waals surface area contributed by atoms with E-state index in [-0.39, 0.29) is 5.41 Å². The molecule has 1 aromatic heterocycles. The number of benzene rings is 1. The van der Waals surface area contributed by atoms with Crippen LogP contribution in [0.15, 0.2) is 18.2 Å². The predicted octanol–water partition coefficient (Wildman–Crippen LogP) is 3.18. The lowest BCUT2D eigenvalue weighted by atomic mass is 9.96. The second-order valence-corrected chi connectivity index (χ2v) is 8.36. The smallest absolute Gasteiger partial charge is 0.205 e. The fourth-order valence-electron chi connectivity index (χ4n) is 2.96. The molecular weight excluding hydrogens is 348 g/mol. The molecule has 0 saturated carbocycles. The number of ether oxygens (including phenoxy) is 2. The number of piperazine rings is 1. The van der Waals surface area contributed by atoms with Gasteiger partial charge in [0, 0.05) is 55.7 Å². The minimum Gasteiger partial charge on any atom is -0.497 e. The van der Waals surface area contributed by atoms with E-state index < -0.39 is 0 Å². The van der Waals surface area contributed by atoms with Crippen LogP contribution in [-0.2, 0) is 12.0 Å². The average molecular weight is 377 g/mol. The van der Waals surface area contributed by atoms with E-state index >= 15 is 0 Å². The third-order valence-corrected chi connectivity index (χ3v) is 5.32. The van der Waals surface area contributed by atoms with Crippen LogP contribution < -0.4 is 14.4 Å². The zero-order valence-electron chi connectivity index (χ0n) is 16.3. The molecule has 1 aromatic carbocycles. The topological polar surface area (TPSA) is 50.7 Å².